The van der Waals surface area contributed by atoms with E-state index in [4.69, 9.17) is 4.74 Å². The first-order chi connectivity index (χ1) is 11.8. The summed E-state index contributed by atoms with van der Waals surface area (Å²) >= 11 is 0. The summed E-state index contributed by atoms with van der Waals surface area (Å²) in [6.07, 6.45) is -2.86. The maximum absolute atomic E-state index is 12.7. The molecule has 0 bridgehead atoms. The van der Waals surface area contributed by atoms with Crippen LogP contribution < -0.4 is 4.74 Å². The fraction of sp³-hybridized carbons (Fsp3) is 0.471. The lowest BCUT2D eigenvalue weighted by molar-refractivity contribution is -0.274. The maximum Gasteiger partial charge on any atom is 0.573 e. The summed E-state index contributed by atoms with van der Waals surface area (Å²) in [6, 6.07) is 5.64. The van der Waals surface area contributed by atoms with Crippen molar-refractivity contribution in [3.05, 3.63) is 30.0 Å². The van der Waals surface area contributed by atoms with Crippen LogP contribution in [0.1, 0.15) is 23.3 Å². The van der Waals surface area contributed by atoms with Crippen LogP contribution in [0.25, 0.3) is 10.9 Å². The second-order valence-corrected chi connectivity index (χ2v) is 6.76. The highest BCUT2D eigenvalue weighted by Gasteiger charge is 2.43. The highest BCUT2D eigenvalue weighted by Crippen LogP contribution is 2.38. The van der Waals surface area contributed by atoms with Gasteiger partial charge in [0.2, 0.25) is 0 Å². The van der Waals surface area contributed by atoms with E-state index in [-0.39, 0.29) is 17.1 Å². The van der Waals surface area contributed by atoms with Crippen LogP contribution in [0.2, 0.25) is 0 Å². The molecular formula is C17H17F3N2O3. The molecule has 3 heterocycles. The molecule has 2 fully saturated rings. The summed E-state index contributed by atoms with van der Waals surface area (Å²) < 4.78 is 46.3. The molecule has 8 heteroatoms. The Bertz CT molecular complexity index is 809. The van der Waals surface area contributed by atoms with Gasteiger partial charge in [0, 0.05) is 42.1 Å². The van der Waals surface area contributed by atoms with Crippen LogP contribution >= 0.6 is 0 Å². The summed E-state index contributed by atoms with van der Waals surface area (Å²) in [4.78, 5) is 17.4. The Balaban J connectivity index is 1.54. The van der Waals surface area contributed by atoms with E-state index in [0.29, 0.717) is 36.3 Å². The van der Waals surface area contributed by atoms with Gasteiger partial charge in [0.05, 0.1) is 6.61 Å². The molecule has 1 spiro atoms. The van der Waals surface area contributed by atoms with Gasteiger partial charge in [0.1, 0.15) is 11.4 Å². The van der Waals surface area contributed by atoms with Crippen molar-refractivity contribution in [2.24, 2.45) is 5.41 Å². The Hall–Kier alpha value is -2.22. The molecule has 1 aromatic heterocycles. The fourth-order valence-electron chi connectivity index (χ4n) is 3.67. The number of rotatable bonds is 2. The highest BCUT2D eigenvalue weighted by molar-refractivity contribution is 5.98. The Labute approximate surface area is 141 Å². The molecule has 2 saturated heterocycles. The topological polar surface area (TPSA) is 54.6 Å². The van der Waals surface area contributed by atoms with Crippen LogP contribution in [0.5, 0.6) is 5.75 Å². The Morgan fingerprint density at radius 1 is 1.28 bits per heavy atom. The monoisotopic (exact) mass is 354 g/mol. The van der Waals surface area contributed by atoms with Crippen LogP contribution in [-0.4, -0.2) is 48.5 Å². The van der Waals surface area contributed by atoms with E-state index in [0.717, 1.165) is 19.4 Å². The van der Waals surface area contributed by atoms with Gasteiger partial charge in [-0.1, -0.05) is 0 Å². The molecule has 4 rings (SSSR count). The van der Waals surface area contributed by atoms with Gasteiger partial charge in [-0.05, 0) is 31.0 Å². The molecule has 0 aliphatic carbocycles. The molecule has 25 heavy (non-hydrogen) atoms. The molecule has 2 aromatic rings. The summed E-state index contributed by atoms with van der Waals surface area (Å²) in [6.45, 7) is 2.74. The zero-order valence-corrected chi connectivity index (χ0v) is 13.4. The number of aromatic amines is 1. The predicted octanol–water partition coefficient (Wildman–Crippen LogP) is 3.32. The van der Waals surface area contributed by atoms with Crippen molar-refractivity contribution in [1.82, 2.24) is 9.88 Å². The van der Waals surface area contributed by atoms with E-state index in [1.54, 1.807) is 11.0 Å². The lowest BCUT2D eigenvalue weighted by atomic mass is 9.87. The molecule has 1 atom stereocenters. The van der Waals surface area contributed by atoms with Crippen molar-refractivity contribution in [3.63, 3.8) is 0 Å². The average molecular weight is 354 g/mol. The van der Waals surface area contributed by atoms with Gasteiger partial charge in [0.15, 0.2) is 0 Å². The van der Waals surface area contributed by atoms with Crippen molar-refractivity contribution < 1.29 is 27.4 Å². The number of halogens is 3. The van der Waals surface area contributed by atoms with E-state index in [9.17, 15) is 18.0 Å². The minimum atomic E-state index is -4.74. The molecule has 5 nitrogen and oxygen atoms in total. The highest BCUT2D eigenvalue weighted by atomic mass is 19.4. The quantitative estimate of drug-likeness (QED) is 0.900. The zero-order chi connectivity index (χ0) is 17.7. The van der Waals surface area contributed by atoms with Crippen molar-refractivity contribution in [2.75, 3.05) is 26.3 Å². The standard InChI is InChI=1S/C17H17F3N2O3/c18-17(19,20)25-12-2-1-11-7-14(21-13(11)8-12)15(23)22-5-3-16(9-22)4-6-24-10-16/h1-2,7-8,21H,3-6,9-10H2. The number of nitrogens with zero attached hydrogens (tertiary/aromatic N) is 1. The summed E-state index contributed by atoms with van der Waals surface area (Å²) in [5.41, 5.74) is 0.869. The van der Waals surface area contributed by atoms with Crippen LogP contribution in [0.3, 0.4) is 0 Å². The summed E-state index contributed by atoms with van der Waals surface area (Å²) in [5, 5.41) is 0.663. The van der Waals surface area contributed by atoms with Gasteiger partial charge in [-0.15, -0.1) is 13.2 Å². The van der Waals surface area contributed by atoms with Crippen molar-refractivity contribution in [1.29, 1.82) is 0 Å². The molecule has 1 N–H and O–H groups in total. The predicted molar refractivity (Wildman–Crippen MR) is 83.4 cm³/mol. The number of aromatic nitrogens is 1. The van der Waals surface area contributed by atoms with Gasteiger partial charge >= 0.3 is 6.36 Å². The lowest BCUT2D eigenvalue weighted by Crippen LogP contribution is -2.32. The molecule has 0 radical (unpaired) electrons. The molecule has 1 amide bonds. The summed E-state index contributed by atoms with van der Waals surface area (Å²) in [5.74, 6) is -0.456. The molecule has 2 aliphatic heterocycles. The Morgan fingerprint density at radius 2 is 2.12 bits per heavy atom. The largest absolute Gasteiger partial charge is 0.573 e. The van der Waals surface area contributed by atoms with Crippen molar-refractivity contribution in [3.8, 4) is 5.75 Å². The number of carbonyl (C=O) groups is 1. The molecule has 1 unspecified atom stereocenters. The molecule has 0 saturated carbocycles. The number of hydrogen-bond acceptors (Lipinski definition) is 3. The number of carbonyl (C=O) groups excluding carboxylic acids is 1. The molecule has 2 aliphatic rings. The number of benzene rings is 1. The normalized spacial score (nSPS) is 23.7. The van der Waals surface area contributed by atoms with Crippen LogP contribution in [0, 0.1) is 5.41 Å². The Kier molecular flexibility index (Phi) is 3.68. The molecule has 1 aromatic carbocycles. The van der Waals surface area contributed by atoms with Gasteiger partial charge in [-0.25, -0.2) is 0 Å². The van der Waals surface area contributed by atoms with Crippen LogP contribution in [-0.2, 0) is 4.74 Å². The van der Waals surface area contributed by atoms with Crippen LogP contribution in [0.15, 0.2) is 24.3 Å². The van der Waals surface area contributed by atoms with E-state index in [1.165, 1.54) is 18.2 Å². The smallest absolute Gasteiger partial charge is 0.406 e. The van der Waals surface area contributed by atoms with Crippen molar-refractivity contribution >= 4 is 16.8 Å². The van der Waals surface area contributed by atoms with E-state index in [1.807, 2.05) is 0 Å². The minimum Gasteiger partial charge on any atom is -0.406 e. The van der Waals surface area contributed by atoms with E-state index >= 15 is 0 Å². The van der Waals surface area contributed by atoms with E-state index < -0.39 is 6.36 Å². The lowest BCUT2D eigenvalue weighted by Gasteiger charge is -2.21. The van der Waals surface area contributed by atoms with Gasteiger partial charge < -0.3 is 19.4 Å². The number of nitrogens with one attached hydrogen (secondary N) is 1. The maximum atomic E-state index is 12.7. The first kappa shape index (κ1) is 16.3. The number of hydrogen-bond donors (Lipinski definition) is 1. The Morgan fingerprint density at radius 3 is 2.84 bits per heavy atom. The number of H-pyrrole nitrogens is 1. The average Bonchev–Trinajstić information content (AvgIpc) is 3.26. The summed E-state index contributed by atoms with van der Waals surface area (Å²) in [7, 11) is 0. The number of alkyl halides is 3. The van der Waals surface area contributed by atoms with Gasteiger partial charge in [-0.2, -0.15) is 0 Å². The minimum absolute atomic E-state index is 0.0649. The third kappa shape index (κ3) is 3.18. The van der Waals surface area contributed by atoms with Crippen molar-refractivity contribution in [2.45, 2.75) is 19.2 Å². The third-order valence-electron chi connectivity index (χ3n) is 4.97. The van der Waals surface area contributed by atoms with E-state index in [2.05, 4.69) is 9.72 Å². The number of ether oxygens (including phenoxy) is 2. The zero-order valence-electron chi connectivity index (χ0n) is 13.4. The first-order valence-corrected chi connectivity index (χ1v) is 8.09. The second-order valence-electron chi connectivity index (χ2n) is 6.76. The van der Waals surface area contributed by atoms with Gasteiger partial charge in [0.25, 0.3) is 5.91 Å². The first-order valence-electron chi connectivity index (χ1n) is 8.09. The molecule has 134 valence electrons. The SMILES string of the molecule is O=C(c1cc2ccc(OC(F)(F)F)cc2[nH]1)N1CCC2(CCOC2)C1. The number of amides is 1. The third-order valence-corrected chi connectivity index (χ3v) is 4.97. The number of likely N-dealkylation sites (tertiary alicyclic amines) is 1. The molecular weight excluding hydrogens is 337 g/mol. The fourth-order valence-corrected chi connectivity index (χ4v) is 3.67. The number of fused-ring (bicyclic) bond motifs is 1. The van der Waals surface area contributed by atoms with Gasteiger partial charge in [-0.3, -0.25) is 4.79 Å². The van der Waals surface area contributed by atoms with Crippen LogP contribution in [0.4, 0.5) is 13.2 Å². The second kappa shape index (κ2) is 5.66.